The molecule has 0 bridgehead atoms. The topological polar surface area (TPSA) is 108 Å². The van der Waals surface area contributed by atoms with Gasteiger partial charge in [0, 0.05) is 17.0 Å². The predicted molar refractivity (Wildman–Crippen MR) is 110 cm³/mol. The molecule has 0 aliphatic heterocycles. The van der Waals surface area contributed by atoms with Crippen LogP contribution >= 0.6 is 11.8 Å². The maximum atomic E-state index is 12.4. The highest BCUT2D eigenvalue weighted by molar-refractivity contribution is 8.00. The van der Waals surface area contributed by atoms with Crippen LogP contribution in [0.25, 0.3) is 0 Å². The van der Waals surface area contributed by atoms with Crippen LogP contribution in [-0.2, 0) is 14.3 Å². The number of hydrogen-bond donors (Lipinski definition) is 1. The third-order valence-electron chi connectivity index (χ3n) is 3.97. The van der Waals surface area contributed by atoms with Crippen LogP contribution in [0.3, 0.4) is 0 Å². The summed E-state index contributed by atoms with van der Waals surface area (Å²) < 4.78 is 10.5. The molecule has 0 aromatic heterocycles. The van der Waals surface area contributed by atoms with E-state index in [1.807, 2.05) is 13.0 Å². The van der Waals surface area contributed by atoms with Crippen molar-refractivity contribution >= 4 is 35.0 Å². The Hall–Kier alpha value is -3.07. The molecule has 9 heteroatoms. The van der Waals surface area contributed by atoms with E-state index in [4.69, 9.17) is 9.47 Å². The van der Waals surface area contributed by atoms with E-state index < -0.39 is 28.2 Å². The van der Waals surface area contributed by atoms with Gasteiger partial charge in [0.05, 0.1) is 17.7 Å². The zero-order valence-corrected chi connectivity index (χ0v) is 17.3. The van der Waals surface area contributed by atoms with Gasteiger partial charge < -0.3 is 14.8 Å². The number of carbonyl (C=O) groups excluding carboxylic acids is 2. The summed E-state index contributed by atoms with van der Waals surface area (Å²) in [6, 6.07) is 11.2. The summed E-state index contributed by atoms with van der Waals surface area (Å²) >= 11 is 1.19. The first-order valence-corrected chi connectivity index (χ1v) is 9.66. The molecule has 0 aliphatic rings. The average molecular weight is 418 g/mol. The minimum atomic E-state index is -1.01. The van der Waals surface area contributed by atoms with Gasteiger partial charge in [0.2, 0.25) is 0 Å². The second kappa shape index (κ2) is 9.92. The first kappa shape index (κ1) is 22.2. The lowest BCUT2D eigenvalue weighted by Crippen LogP contribution is -2.32. The molecule has 8 nitrogen and oxygen atoms in total. The zero-order chi connectivity index (χ0) is 21.6. The molecule has 154 valence electrons. The fraction of sp³-hybridized carbons (Fsp3) is 0.300. The van der Waals surface area contributed by atoms with Crippen molar-refractivity contribution in [1.29, 1.82) is 0 Å². The van der Waals surface area contributed by atoms with Crippen molar-refractivity contribution in [2.24, 2.45) is 0 Å². The lowest BCUT2D eigenvalue weighted by Gasteiger charge is -2.17. The Kier molecular flexibility index (Phi) is 7.60. The zero-order valence-electron chi connectivity index (χ0n) is 16.5. The van der Waals surface area contributed by atoms with Crippen molar-refractivity contribution in [1.82, 2.24) is 0 Å². The molecule has 0 spiro atoms. The van der Waals surface area contributed by atoms with E-state index in [1.165, 1.54) is 37.9 Å². The molecule has 2 aromatic rings. The molecule has 0 aliphatic carbocycles. The highest BCUT2D eigenvalue weighted by atomic mass is 32.2. The number of nitrogens with one attached hydrogen (secondary N) is 1. The van der Waals surface area contributed by atoms with Gasteiger partial charge in [0.15, 0.2) is 6.10 Å². The Labute approximate surface area is 172 Å². The van der Waals surface area contributed by atoms with Gasteiger partial charge in [-0.3, -0.25) is 19.7 Å². The first-order chi connectivity index (χ1) is 13.7. The molecule has 2 rings (SSSR count). The molecule has 0 saturated heterocycles. The Morgan fingerprint density at radius 1 is 1.14 bits per heavy atom. The molecular formula is C20H22N2O6S. The molecule has 1 amide bonds. The summed E-state index contributed by atoms with van der Waals surface area (Å²) in [5, 5.41) is 12.8. The minimum absolute atomic E-state index is 0.0264. The Morgan fingerprint density at radius 3 is 2.38 bits per heavy atom. The van der Waals surface area contributed by atoms with E-state index in [-0.39, 0.29) is 5.69 Å². The summed E-state index contributed by atoms with van der Waals surface area (Å²) in [5.41, 5.74) is 1.41. The Bertz CT molecular complexity index is 900. The van der Waals surface area contributed by atoms with Gasteiger partial charge in [0.1, 0.15) is 11.0 Å². The number of aryl methyl sites for hydroxylation is 1. The molecule has 0 fully saturated rings. The van der Waals surface area contributed by atoms with Crippen molar-refractivity contribution in [3.8, 4) is 5.75 Å². The first-order valence-electron chi connectivity index (χ1n) is 8.78. The SMILES string of the molecule is COc1ccc(C)cc1NC(=O)[C@@H](C)OC(=O)[C@H](C)Sc1ccc([N+](=O)[O-])cc1. The summed E-state index contributed by atoms with van der Waals surface area (Å²) in [4.78, 5) is 35.6. The minimum Gasteiger partial charge on any atom is -0.495 e. The summed E-state index contributed by atoms with van der Waals surface area (Å²) in [6.45, 7) is 5.01. The second-order valence-corrected chi connectivity index (χ2v) is 7.70. The lowest BCUT2D eigenvalue weighted by molar-refractivity contribution is -0.384. The van der Waals surface area contributed by atoms with Gasteiger partial charge in [0.25, 0.3) is 11.6 Å². The van der Waals surface area contributed by atoms with E-state index in [1.54, 1.807) is 31.2 Å². The van der Waals surface area contributed by atoms with Crippen LogP contribution in [0.4, 0.5) is 11.4 Å². The number of ether oxygens (including phenoxy) is 2. The van der Waals surface area contributed by atoms with Crippen LogP contribution in [0.15, 0.2) is 47.4 Å². The van der Waals surface area contributed by atoms with Crippen molar-refractivity contribution < 1.29 is 24.0 Å². The number of anilines is 1. The van der Waals surface area contributed by atoms with E-state index in [9.17, 15) is 19.7 Å². The van der Waals surface area contributed by atoms with E-state index in [0.29, 0.717) is 16.3 Å². The summed E-state index contributed by atoms with van der Waals surface area (Å²) in [6.07, 6.45) is -1.01. The fourth-order valence-electron chi connectivity index (χ4n) is 2.38. The number of thioether (sulfide) groups is 1. The predicted octanol–water partition coefficient (Wildman–Crippen LogP) is 3.96. The molecule has 0 unspecified atom stereocenters. The lowest BCUT2D eigenvalue weighted by atomic mass is 10.2. The fourth-order valence-corrected chi connectivity index (χ4v) is 3.23. The van der Waals surface area contributed by atoms with Gasteiger partial charge in [-0.25, -0.2) is 0 Å². The van der Waals surface area contributed by atoms with Crippen LogP contribution in [0.5, 0.6) is 5.75 Å². The standard InChI is InChI=1S/C20H22N2O6S/c1-12-5-10-18(27-4)17(11-12)21-19(23)13(2)28-20(24)14(3)29-16-8-6-15(7-9-16)22(25)26/h5-11,13-14H,1-4H3,(H,21,23)/t13-,14+/m1/s1. The van der Waals surface area contributed by atoms with Crippen LogP contribution in [0.1, 0.15) is 19.4 Å². The summed E-state index contributed by atoms with van der Waals surface area (Å²) in [5.74, 6) is -0.536. The van der Waals surface area contributed by atoms with Crippen molar-refractivity contribution in [2.45, 2.75) is 37.0 Å². The molecule has 2 aromatic carbocycles. The smallest absolute Gasteiger partial charge is 0.319 e. The highest BCUT2D eigenvalue weighted by Gasteiger charge is 2.23. The van der Waals surface area contributed by atoms with Crippen LogP contribution in [-0.4, -0.2) is 35.3 Å². The van der Waals surface area contributed by atoms with E-state index >= 15 is 0 Å². The number of nitrogens with zero attached hydrogens (tertiary/aromatic N) is 1. The number of non-ortho nitro benzene ring substituents is 1. The number of esters is 1. The van der Waals surface area contributed by atoms with Crippen LogP contribution in [0, 0.1) is 17.0 Å². The number of nitro groups is 1. The number of methoxy groups -OCH3 is 1. The molecule has 29 heavy (non-hydrogen) atoms. The molecular weight excluding hydrogens is 396 g/mol. The maximum Gasteiger partial charge on any atom is 0.319 e. The number of rotatable bonds is 8. The number of benzene rings is 2. The quantitative estimate of drug-likeness (QED) is 0.299. The van der Waals surface area contributed by atoms with Gasteiger partial charge in [-0.1, -0.05) is 6.07 Å². The van der Waals surface area contributed by atoms with Crippen molar-refractivity contribution in [3.63, 3.8) is 0 Å². The van der Waals surface area contributed by atoms with E-state index in [2.05, 4.69) is 5.32 Å². The maximum absolute atomic E-state index is 12.4. The van der Waals surface area contributed by atoms with E-state index in [0.717, 1.165) is 5.56 Å². The molecule has 0 radical (unpaired) electrons. The monoisotopic (exact) mass is 418 g/mol. The highest BCUT2D eigenvalue weighted by Crippen LogP contribution is 2.27. The Balaban J connectivity index is 1.94. The second-order valence-electron chi connectivity index (χ2n) is 6.28. The Morgan fingerprint density at radius 2 is 1.79 bits per heavy atom. The average Bonchev–Trinajstić information content (AvgIpc) is 2.68. The van der Waals surface area contributed by atoms with Gasteiger partial charge in [-0.2, -0.15) is 0 Å². The van der Waals surface area contributed by atoms with Crippen molar-refractivity contribution in [2.75, 3.05) is 12.4 Å². The third kappa shape index (κ3) is 6.21. The summed E-state index contributed by atoms with van der Waals surface area (Å²) in [7, 11) is 1.50. The van der Waals surface area contributed by atoms with Gasteiger partial charge >= 0.3 is 5.97 Å². The molecule has 2 atom stereocenters. The third-order valence-corrected chi connectivity index (χ3v) is 5.06. The number of nitro benzene ring substituents is 1. The number of amides is 1. The molecule has 0 heterocycles. The normalized spacial score (nSPS) is 12.6. The number of carbonyl (C=O) groups is 2. The largest absolute Gasteiger partial charge is 0.495 e. The molecule has 0 saturated carbocycles. The van der Waals surface area contributed by atoms with Crippen LogP contribution in [0.2, 0.25) is 0 Å². The van der Waals surface area contributed by atoms with Gasteiger partial charge in [-0.05, 0) is 50.6 Å². The molecule has 1 N–H and O–H groups in total. The van der Waals surface area contributed by atoms with Gasteiger partial charge in [-0.15, -0.1) is 11.8 Å². The van der Waals surface area contributed by atoms with Crippen LogP contribution < -0.4 is 10.1 Å². The van der Waals surface area contributed by atoms with Crippen molar-refractivity contribution in [3.05, 3.63) is 58.1 Å². The number of hydrogen-bond acceptors (Lipinski definition) is 7.